The lowest BCUT2D eigenvalue weighted by atomic mass is 9.91. The van der Waals surface area contributed by atoms with Gasteiger partial charge in [0.05, 0.1) is 5.69 Å². The van der Waals surface area contributed by atoms with Gasteiger partial charge in [-0.2, -0.15) is 0 Å². The number of nitrogens with zero attached hydrogens (tertiary/aromatic N) is 1. The molecule has 0 radical (unpaired) electrons. The predicted molar refractivity (Wildman–Crippen MR) is 63.1 cm³/mol. The van der Waals surface area contributed by atoms with Crippen LogP contribution in [-0.4, -0.2) is 17.2 Å². The Labute approximate surface area is 96.8 Å². The fourth-order valence-electron chi connectivity index (χ4n) is 1.60. The second kappa shape index (κ2) is 3.37. The Morgan fingerprint density at radius 2 is 1.94 bits per heavy atom. The molecule has 0 saturated heterocycles. The van der Waals surface area contributed by atoms with Crippen molar-refractivity contribution in [2.75, 3.05) is 6.61 Å². The van der Waals surface area contributed by atoms with Crippen molar-refractivity contribution in [3.05, 3.63) is 17.8 Å². The smallest absolute Gasteiger partial charge is 0.257 e. The second-order valence-electron chi connectivity index (χ2n) is 5.90. The van der Waals surface area contributed by atoms with Crippen molar-refractivity contribution in [3.63, 3.8) is 0 Å². The van der Waals surface area contributed by atoms with Crippen molar-refractivity contribution in [2.24, 2.45) is 0 Å². The first-order valence-electron chi connectivity index (χ1n) is 5.61. The van der Waals surface area contributed by atoms with E-state index in [0.29, 0.717) is 12.5 Å². The van der Waals surface area contributed by atoms with Gasteiger partial charge in [-0.25, -0.2) is 4.98 Å². The zero-order chi connectivity index (χ0) is 12.0. The van der Waals surface area contributed by atoms with Crippen molar-refractivity contribution >= 4 is 0 Å². The minimum absolute atomic E-state index is 0.0331. The first-order valence-corrected chi connectivity index (χ1v) is 5.61. The van der Waals surface area contributed by atoms with Gasteiger partial charge in [-0.05, 0) is 26.0 Å². The number of hydrogen-bond acceptors (Lipinski definition) is 3. The van der Waals surface area contributed by atoms with Crippen LogP contribution in [0.4, 0.5) is 0 Å². The van der Waals surface area contributed by atoms with E-state index in [4.69, 9.17) is 9.47 Å². The summed E-state index contributed by atoms with van der Waals surface area (Å²) in [6.07, 6.45) is 0. The molecule has 0 N–H and O–H groups in total. The van der Waals surface area contributed by atoms with E-state index in [2.05, 4.69) is 25.8 Å². The number of pyridine rings is 1. The molecule has 1 aliphatic heterocycles. The third-order valence-electron chi connectivity index (χ3n) is 2.54. The van der Waals surface area contributed by atoms with Crippen molar-refractivity contribution in [1.29, 1.82) is 0 Å². The van der Waals surface area contributed by atoms with E-state index in [1.54, 1.807) is 0 Å². The van der Waals surface area contributed by atoms with Crippen LogP contribution in [0.3, 0.4) is 0 Å². The Morgan fingerprint density at radius 3 is 2.56 bits per heavy atom. The minimum Gasteiger partial charge on any atom is -0.479 e. The maximum Gasteiger partial charge on any atom is 0.257 e. The van der Waals surface area contributed by atoms with Crippen LogP contribution in [0.5, 0.6) is 11.6 Å². The topological polar surface area (TPSA) is 31.4 Å². The normalized spacial score (nSPS) is 18.3. The Bertz CT molecular complexity index is 405. The van der Waals surface area contributed by atoms with Crippen LogP contribution in [0, 0.1) is 0 Å². The lowest BCUT2D eigenvalue weighted by Gasteiger charge is -2.32. The SMILES string of the molecule is CC1(C)COc2nc(C(C)(C)C)ccc2O1. The molecule has 1 aliphatic rings. The molecule has 0 aliphatic carbocycles. The van der Waals surface area contributed by atoms with E-state index in [9.17, 15) is 0 Å². The second-order valence-corrected chi connectivity index (χ2v) is 5.90. The molecule has 0 aromatic carbocycles. The summed E-state index contributed by atoms with van der Waals surface area (Å²) in [4.78, 5) is 4.50. The Morgan fingerprint density at radius 1 is 1.25 bits per heavy atom. The molecular weight excluding hydrogens is 202 g/mol. The highest BCUT2D eigenvalue weighted by Gasteiger charge is 2.30. The molecule has 0 amide bonds. The van der Waals surface area contributed by atoms with Gasteiger partial charge in [-0.3, -0.25) is 0 Å². The van der Waals surface area contributed by atoms with Crippen molar-refractivity contribution in [1.82, 2.24) is 4.98 Å². The van der Waals surface area contributed by atoms with Gasteiger partial charge in [0.2, 0.25) is 0 Å². The third kappa shape index (κ3) is 2.13. The largest absolute Gasteiger partial charge is 0.479 e. The number of fused-ring (bicyclic) bond motifs is 1. The van der Waals surface area contributed by atoms with Gasteiger partial charge >= 0.3 is 0 Å². The Hall–Kier alpha value is -1.25. The summed E-state index contributed by atoms with van der Waals surface area (Å²) in [6.45, 7) is 11.0. The molecule has 0 spiro atoms. The minimum atomic E-state index is -0.266. The number of hydrogen-bond donors (Lipinski definition) is 0. The van der Waals surface area contributed by atoms with Gasteiger partial charge in [0, 0.05) is 5.41 Å². The summed E-state index contributed by atoms with van der Waals surface area (Å²) in [5.74, 6) is 1.36. The molecule has 2 heterocycles. The summed E-state index contributed by atoms with van der Waals surface area (Å²) in [5, 5.41) is 0. The number of rotatable bonds is 0. The highest BCUT2D eigenvalue weighted by atomic mass is 16.6. The van der Waals surface area contributed by atoms with Crippen LogP contribution in [0.15, 0.2) is 12.1 Å². The fourth-order valence-corrected chi connectivity index (χ4v) is 1.60. The van der Waals surface area contributed by atoms with Gasteiger partial charge in [0.25, 0.3) is 5.88 Å². The van der Waals surface area contributed by atoms with Crippen LogP contribution >= 0.6 is 0 Å². The summed E-state index contributed by atoms with van der Waals surface area (Å²) >= 11 is 0. The van der Waals surface area contributed by atoms with Crippen molar-refractivity contribution < 1.29 is 9.47 Å². The molecule has 0 saturated carbocycles. The van der Waals surface area contributed by atoms with Gasteiger partial charge < -0.3 is 9.47 Å². The van der Waals surface area contributed by atoms with Crippen molar-refractivity contribution in [3.8, 4) is 11.6 Å². The van der Waals surface area contributed by atoms with E-state index in [0.717, 1.165) is 11.4 Å². The van der Waals surface area contributed by atoms with Crippen LogP contribution in [0.1, 0.15) is 40.3 Å². The molecule has 1 aromatic heterocycles. The standard InChI is InChI=1S/C13H19NO2/c1-12(2,3)10-7-6-9-11(14-10)15-8-13(4,5)16-9/h6-7H,8H2,1-5H3. The molecule has 16 heavy (non-hydrogen) atoms. The Balaban J connectivity index is 2.36. The molecule has 3 nitrogen and oxygen atoms in total. The van der Waals surface area contributed by atoms with Gasteiger partial charge in [-0.15, -0.1) is 0 Å². The molecule has 0 bridgehead atoms. The first kappa shape index (κ1) is 11.2. The molecule has 0 unspecified atom stereocenters. The zero-order valence-corrected chi connectivity index (χ0v) is 10.6. The van der Waals surface area contributed by atoms with E-state index in [1.807, 2.05) is 26.0 Å². The molecule has 0 fully saturated rings. The summed E-state index contributed by atoms with van der Waals surface area (Å²) < 4.78 is 11.4. The lowest BCUT2D eigenvalue weighted by molar-refractivity contribution is 0.0174. The molecule has 0 atom stereocenters. The van der Waals surface area contributed by atoms with Crippen LogP contribution < -0.4 is 9.47 Å². The zero-order valence-electron chi connectivity index (χ0n) is 10.6. The van der Waals surface area contributed by atoms with Gasteiger partial charge in [-0.1, -0.05) is 20.8 Å². The average molecular weight is 221 g/mol. The van der Waals surface area contributed by atoms with Crippen LogP contribution in [0.25, 0.3) is 0 Å². The predicted octanol–water partition coefficient (Wildman–Crippen LogP) is 2.93. The highest BCUT2D eigenvalue weighted by Crippen LogP contribution is 2.35. The van der Waals surface area contributed by atoms with Gasteiger partial charge in [0.1, 0.15) is 12.2 Å². The average Bonchev–Trinajstić information content (AvgIpc) is 2.14. The maximum absolute atomic E-state index is 5.80. The third-order valence-corrected chi connectivity index (χ3v) is 2.54. The molecule has 1 aromatic rings. The lowest BCUT2D eigenvalue weighted by Crippen LogP contribution is -2.39. The van der Waals surface area contributed by atoms with E-state index in [1.165, 1.54) is 0 Å². The number of ether oxygens (including phenoxy) is 2. The van der Waals surface area contributed by atoms with E-state index >= 15 is 0 Å². The quantitative estimate of drug-likeness (QED) is 0.675. The van der Waals surface area contributed by atoms with Gasteiger partial charge in [0.15, 0.2) is 5.75 Å². The van der Waals surface area contributed by atoms with E-state index in [-0.39, 0.29) is 11.0 Å². The molecule has 88 valence electrons. The molecular formula is C13H19NO2. The molecule has 3 heteroatoms. The van der Waals surface area contributed by atoms with Crippen LogP contribution in [-0.2, 0) is 5.41 Å². The Kier molecular flexibility index (Phi) is 2.37. The first-order chi connectivity index (χ1) is 7.28. The highest BCUT2D eigenvalue weighted by molar-refractivity contribution is 5.38. The summed E-state index contributed by atoms with van der Waals surface area (Å²) in [5.41, 5.74) is 0.790. The fraction of sp³-hybridized carbons (Fsp3) is 0.615. The number of aromatic nitrogens is 1. The molecule has 2 rings (SSSR count). The monoisotopic (exact) mass is 221 g/mol. The maximum atomic E-state index is 5.80. The van der Waals surface area contributed by atoms with Crippen molar-refractivity contribution in [2.45, 2.75) is 45.6 Å². The summed E-state index contributed by atoms with van der Waals surface area (Å²) in [6, 6.07) is 3.95. The van der Waals surface area contributed by atoms with Crippen LogP contribution in [0.2, 0.25) is 0 Å². The summed E-state index contributed by atoms with van der Waals surface area (Å²) in [7, 11) is 0. The van der Waals surface area contributed by atoms with E-state index < -0.39 is 0 Å².